The van der Waals surface area contributed by atoms with Crippen LogP contribution in [0.25, 0.3) is 0 Å². The van der Waals surface area contributed by atoms with Gasteiger partial charge in [0.25, 0.3) is 5.91 Å². The zero-order valence-corrected chi connectivity index (χ0v) is 10.9. The Labute approximate surface area is 115 Å². The van der Waals surface area contributed by atoms with Crippen molar-refractivity contribution in [2.45, 2.75) is 6.92 Å². The zero-order valence-electron chi connectivity index (χ0n) is 10.2. The maximum Gasteiger partial charge on any atom is 0.274 e. The van der Waals surface area contributed by atoms with Crippen LogP contribution in [-0.2, 0) is 0 Å². The van der Waals surface area contributed by atoms with E-state index in [9.17, 15) is 9.59 Å². The Morgan fingerprint density at radius 1 is 1.21 bits per heavy atom. The second-order valence-corrected chi connectivity index (χ2v) is 4.35. The van der Waals surface area contributed by atoms with Gasteiger partial charge in [0.05, 0.1) is 5.69 Å². The number of hydrogen-bond donors (Lipinski definition) is 1. The van der Waals surface area contributed by atoms with E-state index in [0.717, 1.165) is 0 Å². The third kappa shape index (κ3) is 3.17. The lowest BCUT2D eigenvalue weighted by atomic mass is 10.1. The van der Waals surface area contributed by atoms with Crippen molar-refractivity contribution in [1.29, 1.82) is 0 Å². The van der Waals surface area contributed by atoms with E-state index in [2.05, 4.69) is 10.3 Å². The molecule has 0 spiro atoms. The summed E-state index contributed by atoms with van der Waals surface area (Å²) in [7, 11) is 0. The molecule has 4 nitrogen and oxygen atoms in total. The lowest BCUT2D eigenvalue weighted by Crippen LogP contribution is -2.15. The molecule has 0 bridgehead atoms. The molecule has 0 unspecified atom stereocenters. The largest absolute Gasteiger partial charge is 0.320 e. The number of hydrogen-bond acceptors (Lipinski definition) is 3. The van der Waals surface area contributed by atoms with Gasteiger partial charge in [-0.1, -0.05) is 17.7 Å². The average Bonchev–Trinajstić information content (AvgIpc) is 2.39. The second kappa shape index (κ2) is 5.63. The van der Waals surface area contributed by atoms with E-state index < -0.39 is 0 Å². The number of benzene rings is 1. The first-order valence-corrected chi connectivity index (χ1v) is 5.98. The summed E-state index contributed by atoms with van der Waals surface area (Å²) in [6.45, 7) is 1.43. The molecule has 0 aliphatic carbocycles. The number of carbonyl (C=O) groups excluding carboxylic acids is 2. The summed E-state index contributed by atoms with van der Waals surface area (Å²) in [4.78, 5) is 27.4. The summed E-state index contributed by atoms with van der Waals surface area (Å²) < 4.78 is 0. The topological polar surface area (TPSA) is 59.1 Å². The quantitative estimate of drug-likeness (QED) is 0.875. The molecule has 5 heteroatoms. The molecule has 0 radical (unpaired) electrons. The smallest absolute Gasteiger partial charge is 0.274 e. The Bertz CT molecular complexity index is 627. The first-order chi connectivity index (χ1) is 9.08. The Morgan fingerprint density at radius 3 is 2.63 bits per heavy atom. The molecule has 2 rings (SSSR count). The van der Waals surface area contributed by atoms with Crippen molar-refractivity contribution in [1.82, 2.24) is 4.98 Å². The number of nitrogens with one attached hydrogen (secondary N) is 1. The fourth-order valence-corrected chi connectivity index (χ4v) is 1.78. The van der Waals surface area contributed by atoms with Crippen molar-refractivity contribution in [2.75, 3.05) is 5.32 Å². The van der Waals surface area contributed by atoms with E-state index >= 15 is 0 Å². The van der Waals surface area contributed by atoms with Gasteiger partial charge in [0.15, 0.2) is 5.78 Å². The molecule has 1 heterocycles. The number of halogens is 1. The zero-order chi connectivity index (χ0) is 13.8. The molecular weight excluding hydrogens is 264 g/mol. The molecule has 0 aliphatic heterocycles. The SMILES string of the molecule is CC(=O)c1ccc(Cl)cc1NC(=O)c1ccccn1. The number of nitrogens with zero attached hydrogens (tertiary/aromatic N) is 1. The minimum absolute atomic E-state index is 0.145. The summed E-state index contributed by atoms with van der Waals surface area (Å²) in [5.41, 5.74) is 1.07. The van der Waals surface area contributed by atoms with Gasteiger partial charge in [0.2, 0.25) is 0 Å². The van der Waals surface area contributed by atoms with E-state index in [1.807, 2.05) is 0 Å². The minimum atomic E-state index is -0.384. The highest BCUT2D eigenvalue weighted by atomic mass is 35.5. The highest BCUT2D eigenvalue weighted by molar-refractivity contribution is 6.31. The normalized spacial score (nSPS) is 10.0. The van der Waals surface area contributed by atoms with Gasteiger partial charge < -0.3 is 5.32 Å². The molecule has 96 valence electrons. The van der Waals surface area contributed by atoms with Gasteiger partial charge in [-0.2, -0.15) is 0 Å². The fraction of sp³-hybridized carbons (Fsp3) is 0.0714. The van der Waals surface area contributed by atoms with Crippen LogP contribution in [0, 0.1) is 0 Å². The minimum Gasteiger partial charge on any atom is -0.320 e. The molecule has 0 saturated carbocycles. The van der Waals surface area contributed by atoms with Gasteiger partial charge >= 0.3 is 0 Å². The molecule has 1 aromatic carbocycles. The number of carbonyl (C=O) groups is 2. The Morgan fingerprint density at radius 2 is 2.00 bits per heavy atom. The number of rotatable bonds is 3. The van der Waals surface area contributed by atoms with Crippen molar-refractivity contribution in [3.8, 4) is 0 Å². The van der Waals surface area contributed by atoms with E-state index in [1.54, 1.807) is 36.4 Å². The number of pyridine rings is 1. The van der Waals surface area contributed by atoms with E-state index in [-0.39, 0.29) is 17.4 Å². The summed E-state index contributed by atoms with van der Waals surface area (Å²) >= 11 is 5.87. The van der Waals surface area contributed by atoms with Gasteiger partial charge in [0, 0.05) is 16.8 Å². The van der Waals surface area contributed by atoms with Crippen molar-refractivity contribution < 1.29 is 9.59 Å². The Balaban J connectivity index is 2.31. The number of aromatic nitrogens is 1. The van der Waals surface area contributed by atoms with Gasteiger partial charge in [0.1, 0.15) is 5.69 Å². The van der Waals surface area contributed by atoms with Crippen LogP contribution in [0.3, 0.4) is 0 Å². The third-order valence-electron chi connectivity index (χ3n) is 2.51. The van der Waals surface area contributed by atoms with Gasteiger partial charge in [-0.15, -0.1) is 0 Å². The highest BCUT2D eigenvalue weighted by Gasteiger charge is 2.12. The van der Waals surface area contributed by atoms with Crippen molar-refractivity contribution >= 4 is 29.0 Å². The molecule has 1 amide bonds. The fourth-order valence-electron chi connectivity index (χ4n) is 1.61. The van der Waals surface area contributed by atoms with Crippen molar-refractivity contribution in [3.05, 3.63) is 58.9 Å². The number of amides is 1. The third-order valence-corrected chi connectivity index (χ3v) is 2.74. The first kappa shape index (κ1) is 13.2. The van der Waals surface area contributed by atoms with Gasteiger partial charge in [-0.25, -0.2) is 0 Å². The first-order valence-electron chi connectivity index (χ1n) is 5.61. The molecule has 0 saturated heterocycles. The molecule has 19 heavy (non-hydrogen) atoms. The molecule has 0 atom stereocenters. The number of Topliss-reactive ketones (excluding diaryl/α,β-unsaturated/α-hetero) is 1. The molecule has 0 fully saturated rings. The molecule has 2 aromatic rings. The average molecular weight is 275 g/mol. The van der Waals surface area contributed by atoms with Crippen LogP contribution in [0.4, 0.5) is 5.69 Å². The van der Waals surface area contributed by atoms with E-state index in [4.69, 9.17) is 11.6 Å². The molecule has 1 N–H and O–H groups in total. The highest BCUT2D eigenvalue weighted by Crippen LogP contribution is 2.22. The van der Waals surface area contributed by atoms with Crippen molar-refractivity contribution in [3.63, 3.8) is 0 Å². The molecule has 1 aromatic heterocycles. The molecule has 0 aliphatic rings. The van der Waals surface area contributed by atoms with Gasteiger partial charge in [-0.3, -0.25) is 14.6 Å². The van der Waals surface area contributed by atoms with Crippen LogP contribution in [-0.4, -0.2) is 16.7 Å². The Hall–Kier alpha value is -2.20. The lowest BCUT2D eigenvalue weighted by molar-refractivity contribution is 0.101. The maximum atomic E-state index is 12.0. The number of anilines is 1. The predicted octanol–water partition coefficient (Wildman–Crippen LogP) is 3.19. The summed E-state index contributed by atoms with van der Waals surface area (Å²) in [6.07, 6.45) is 1.53. The summed E-state index contributed by atoms with van der Waals surface area (Å²) in [5.74, 6) is -0.529. The van der Waals surface area contributed by atoms with Crippen LogP contribution in [0.5, 0.6) is 0 Å². The molecular formula is C14H11ClN2O2. The van der Waals surface area contributed by atoms with Crippen LogP contribution in [0.2, 0.25) is 5.02 Å². The van der Waals surface area contributed by atoms with Crippen LogP contribution >= 0.6 is 11.6 Å². The monoisotopic (exact) mass is 274 g/mol. The van der Waals surface area contributed by atoms with Crippen LogP contribution in [0.1, 0.15) is 27.8 Å². The van der Waals surface area contributed by atoms with Crippen LogP contribution in [0.15, 0.2) is 42.6 Å². The number of ketones is 1. The van der Waals surface area contributed by atoms with E-state index in [0.29, 0.717) is 16.3 Å². The maximum absolute atomic E-state index is 12.0. The summed E-state index contributed by atoms with van der Waals surface area (Å²) in [6, 6.07) is 9.75. The Kier molecular flexibility index (Phi) is 3.92. The predicted molar refractivity (Wildman–Crippen MR) is 73.6 cm³/mol. The lowest BCUT2D eigenvalue weighted by Gasteiger charge is -2.09. The summed E-state index contributed by atoms with van der Waals surface area (Å²) in [5, 5.41) is 3.09. The van der Waals surface area contributed by atoms with Crippen molar-refractivity contribution in [2.24, 2.45) is 0 Å². The van der Waals surface area contributed by atoms with Gasteiger partial charge in [-0.05, 0) is 37.3 Å². The van der Waals surface area contributed by atoms with Crippen LogP contribution < -0.4 is 5.32 Å². The standard InChI is InChI=1S/C14H11ClN2O2/c1-9(18)11-6-5-10(15)8-13(11)17-14(19)12-4-2-3-7-16-12/h2-8H,1H3,(H,17,19). The second-order valence-electron chi connectivity index (χ2n) is 3.92. The van der Waals surface area contributed by atoms with E-state index in [1.165, 1.54) is 13.1 Å².